The Morgan fingerprint density at radius 1 is 1.17 bits per heavy atom. The first-order valence-electron chi connectivity index (χ1n) is 11.2. The lowest BCUT2D eigenvalue weighted by molar-refractivity contribution is -0.138. The average molecular weight is 396 g/mol. The Labute approximate surface area is 173 Å². The molecule has 4 fully saturated rings. The van der Waals surface area contributed by atoms with Crippen molar-refractivity contribution in [1.82, 2.24) is 5.32 Å². The van der Waals surface area contributed by atoms with E-state index in [-0.39, 0.29) is 17.6 Å². The van der Waals surface area contributed by atoms with E-state index >= 15 is 0 Å². The Hall–Kier alpha value is -1.81. The highest BCUT2D eigenvalue weighted by molar-refractivity contribution is 6.01. The Morgan fingerprint density at radius 2 is 1.79 bits per heavy atom. The first-order valence-corrected chi connectivity index (χ1v) is 11.2. The lowest BCUT2D eigenvalue weighted by atomic mass is 9.48. The van der Waals surface area contributed by atoms with Gasteiger partial charge in [-0.05, 0) is 94.2 Å². The molecule has 29 heavy (non-hydrogen) atoms. The lowest BCUT2D eigenvalue weighted by Crippen LogP contribution is -2.50. The van der Waals surface area contributed by atoms with Gasteiger partial charge in [0.15, 0.2) is 5.78 Å². The molecule has 0 unspecified atom stereocenters. The molecule has 0 aromatic heterocycles. The fourth-order valence-corrected chi connectivity index (χ4v) is 7.14. The topological polar surface area (TPSA) is 58.6 Å². The number of allylic oxidation sites excluding steroid dienone is 1. The van der Waals surface area contributed by atoms with Crippen LogP contribution < -0.4 is 10.1 Å². The van der Waals surface area contributed by atoms with Crippen molar-refractivity contribution in [2.24, 2.45) is 23.2 Å². The van der Waals surface area contributed by atoms with Gasteiger partial charge in [-0.3, -0.25) is 4.79 Å². The van der Waals surface area contributed by atoms with E-state index in [0.29, 0.717) is 5.78 Å². The number of nitrogens with one attached hydrogen (secondary N) is 1. The first-order chi connectivity index (χ1) is 13.8. The molecule has 0 radical (unpaired) electrons. The molecule has 5 aliphatic rings. The van der Waals surface area contributed by atoms with Crippen molar-refractivity contribution in [2.75, 3.05) is 7.11 Å². The summed E-state index contributed by atoms with van der Waals surface area (Å²) in [7, 11) is 1.64. The van der Waals surface area contributed by atoms with Crippen LogP contribution in [-0.2, 0) is 17.8 Å². The number of ketones is 1. The molecule has 4 saturated carbocycles. The highest BCUT2D eigenvalue weighted by Crippen LogP contribution is 2.60. The summed E-state index contributed by atoms with van der Waals surface area (Å²) in [5, 5.41) is 13.4. The summed E-state index contributed by atoms with van der Waals surface area (Å²) in [6, 6.07) is 4.03. The number of hydrogen-bond acceptors (Lipinski definition) is 4. The minimum atomic E-state index is -0.133. The van der Waals surface area contributed by atoms with Crippen molar-refractivity contribution in [3.8, 4) is 5.75 Å². The second-order valence-corrected chi connectivity index (χ2v) is 10.8. The van der Waals surface area contributed by atoms with Gasteiger partial charge in [-0.1, -0.05) is 0 Å². The van der Waals surface area contributed by atoms with Crippen LogP contribution in [0.15, 0.2) is 18.2 Å². The van der Waals surface area contributed by atoms with Gasteiger partial charge in [-0.15, -0.1) is 0 Å². The van der Waals surface area contributed by atoms with Crippen LogP contribution in [0.5, 0.6) is 5.75 Å². The van der Waals surface area contributed by atoms with E-state index in [4.69, 9.17) is 4.74 Å². The third kappa shape index (κ3) is 3.20. The van der Waals surface area contributed by atoms with Crippen LogP contribution >= 0.6 is 0 Å². The van der Waals surface area contributed by atoms with Crippen LogP contribution in [0, 0.1) is 23.2 Å². The van der Waals surface area contributed by atoms with Gasteiger partial charge >= 0.3 is 0 Å². The minimum absolute atomic E-state index is 0.0734. The van der Waals surface area contributed by atoms with E-state index in [1.807, 2.05) is 18.2 Å². The van der Waals surface area contributed by atoms with E-state index in [9.17, 15) is 9.90 Å². The number of carbonyl (C=O) groups is 1. The Bertz CT molecular complexity index is 847. The molecule has 4 nitrogen and oxygen atoms in total. The quantitative estimate of drug-likeness (QED) is 0.749. The van der Waals surface area contributed by atoms with Gasteiger partial charge in [0.1, 0.15) is 5.75 Å². The average Bonchev–Trinajstić information content (AvgIpc) is 2.65. The van der Waals surface area contributed by atoms with Gasteiger partial charge in [0.25, 0.3) is 0 Å². The summed E-state index contributed by atoms with van der Waals surface area (Å²) in [4.78, 5) is 13.7. The number of carbonyl (C=O) groups excluding carboxylic acids is 1. The van der Waals surface area contributed by atoms with Gasteiger partial charge in [0.2, 0.25) is 0 Å². The first kappa shape index (κ1) is 19.2. The number of rotatable bonds is 4. The highest BCUT2D eigenvalue weighted by Gasteiger charge is 2.54. The maximum Gasteiger partial charge on any atom is 0.163 e. The molecule has 0 atom stereocenters. The number of ether oxygens (including phenoxy) is 1. The summed E-state index contributed by atoms with van der Waals surface area (Å²) in [6.45, 7) is 4.27. The SMILES string of the molecule is COc1cc2c(cc1CO)C(=CC(=O)C13CC4CC(CC(C4)C1)C3)NC(C)(C)C2. The number of hydrogen-bond donors (Lipinski definition) is 2. The summed E-state index contributed by atoms with van der Waals surface area (Å²) in [5.74, 6) is 3.32. The normalized spacial score (nSPS) is 35.3. The van der Waals surface area contributed by atoms with Crippen LogP contribution in [0.4, 0.5) is 0 Å². The Morgan fingerprint density at radius 3 is 2.34 bits per heavy atom. The van der Waals surface area contributed by atoms with Crippen molar-refractivity contribution in [3.05, 3.63) is 34.9 Å². The number of aliphatic hydroxyl groups excluding tert-OH is 1. The molecule has 1 aromatic carbocycles. The fourth-order valence-electron chi connectivity index (χ4n) is 7.14. The van der Waals surface area contributed by atoms with Crippen molar-refractivity contribution < 1.29 is 14.6 Å². The van der Waals surface area contributed by atoms with Gasteiger partial charge < -0.3 is 15.2 Å². The molecule has 0 amide bonds. The third-order valence-corrected chi connectivity index (χ3v) is 7.91. The van der Waals surface area contributed by atoms with Gasteiger partial charge in [-0.2, -0.15) is 0 Å². The predicted octanol–water partition coefficient (Wildman–Crippen LogP) is 4.24. The number of methoxy groups -OCH3 is 1. The second kappa shape index (κ2) is 6.60. The van der Waals surface area contributed by atoms with E-state index in [0.717, 1.165) is 66.0 Å². The van der Waals surface area contributed by atoms with Crippen molar-refractivity contribution in [3.63, 3.8) is 0 Å². The molecular formula is C25H33NO3. The molecule has 1 heterocycles. The summed E-state index contributed by atoms with van der Waals surface area (Å²) >= 11 is 0. The molecule has 6 rings (SSSR count). The Kier molecular flexibility index (Phi) is 4.36. The minimum Gasteiger partial charge on any atom is -0.496 e. The molecule has 1 aliphatic heterocycles. The smallest absolute Gasteiger partial charge is 0.163 e. The van der Waals surface area contributed by atoms with E-state index in [2.05, 4.69) is 19.2 Å². The van der Waals surface area contributed by atoms with Gasteiger partial charge in [0, 0.05) is 33.9 Å². The lowest BCUT2D eigenvalue weighted by Gasteiger charge is -2.55. The second-order valence-electron chi connectivity index (χ2n) is 10.8. The van der Waals surface area contributed by atoms with E-state index in [1.165, 1.54) is 24.8 Å². The molecule has 0 saturated heterocycles. The van der Waals surface area contributed by atoms with Crippen molar-refractivity contribution in [2.45, 2.75) is 70.9 Å². The molecular weight excluding hydrogens is 362 g/mol. The largest absolute Gasteiger partial charge is 0.496 e. The van der Waals surface area contributed by atoms with Crippen LogP contribution in [0.1, 0.15) is 69.1 Å². The van der Waals surface area contributed by atoms with Crippen LogP contribution in [0.2, 0.25) is 0 Å². The molecule has 156 valence electrons. The van der Waals surface area contributed by atoms with Crippen molar-refractivity contribution in [1.29, 1.82) is 0 Å². The fraction of sp³-hybridized carbons (Fsp3) is 0.640. The maximum absolute atomic E-state index is 13.7. The summed E-state index contributed by atoms with van der Waals surface area (Å²) in [6.07, 6.45) is 10.0. The van der Waals surface area contributed by atoms with Crippen LogP contribution in [-0.4, -0.2) is 23.5 Å². The maximum atomic E-state index is 13.7. The number of aliphatic hydroxyl groups is 1. The van der Waals surface area contributed by atoms with Gasteiger partial charge in [-0.25, -0.2) is 0 Å². The third-order valence-electron chi connectivity index (χ3n) is 7.91. The Balaban J connectivity index is 1.54. The zero-order valence-corrected chi connectivity index (χ0v) is 17.9. The van der Waals surface area contributed by atoms with Crippen LogP contribution in [0.3, 0.4) is 0 Å². The highest BCUT2D eigenvalue weighted by atomic mass is 16.5. The molecule has 4 aliphatic carbocycles. The molecule has 4 heteroatoms. The monoisotopic (exact) mass is 395 g/mol. The molecule has 4 bridgehead atoms. The standard InChI is InChI=1S/C25H33NO3/c1-24(2)13-18-8-22(29-3)19(14-27)7-20(18)21(26-24)9-23(28)25-10-15-4-16(11-25)6-17(5-15)12-25/h7-9,15-17,26-27H,4-6,10-14H2,1-3H3. The van der Waals surface area contributed by atoms with E-state index in [1.54, 1.807) is 7.11 Å². The van der Waals surface area contributed by atoms with E-state index < -0.39 is 0 Å². The van der Waals surface area contributed by atoms with Crippen LogP contribution in [0.25, 0.3) is 5.70 Å². The molecule has 1 aromatic rings. The number of benzene rings is 1. The zero-order chi connectivity index (χ0) is 20.4. The molecule has 0 spiro atoms. The van der Waals surface area contributed by atoms with Crippen molar-refractivity contribution >= 4 is 11.5 Å². The molecule has 2 N–H and O–H groups in total. The zero-order valence-electron chi connectivity index (χ0n) is 17.9. The summed E-state index contributed by atoms with van der Waals surface area (Å²) in [5.41, 5.74) is 3.62. The van der Waals surface area contributed by atoms with Gasteiger partial charge in [0.05, 0.1) is 13.7 Å². The summed E-state index contributed by atoms with van der Waals surface area (Å²) < 4.78 is 5.48. The number of fused-ring (bicyclic) bond motifs is 1. The predicted molar refractivity (Wildman–Crippen MR) is 113 cm³/mol.